The highest BCUT2D eigenvalue weighted by molar-refractivity contribution is 7.09. The van der Waals surface area contributed by atoms with E-state index in [4.69, 9.17) is 0 Å². The summed E-state index contributed by atoms with van der Waals surface area (Å²) in [5.41, 5.74) is 0. The molecule has 0 spiro atoms. The van der Waals surface area contributed by atoms with E-state index < -0.39 is 0 Å². The largest absolute Gasteiger partial charge is 0.333 e. The van der Waals surface area contributed by atoms with Crippen molar-refractivity contribution in [1.29, 1.82) is 0 Å². The normalized spacial score (nSPS) is 12.4. The Morgan fingerprint density at radius 1 is 1.33 bits per heavy atom. The lowest BCUT2D eigenvalue weighted by molar-refractivity contribution is 0.237. The van der Waals surface area contributed by atoms with Crippen molar-refractivity contribution in [3.05, 3.63) is 34.8 Å². The van der Waals surface area contributed by atoms with Crippen LogP contribution in [-0.2, 0) is 13.1 Å². The molecule has 0 unspecified atom stereocenters. The van der Waals surface area contributed by atoms with Crippen molar-refractivity contribution in [2.24, 2.45) is 5.92 Å². The van der Waals surface area contributed by atoms with E-state index in [1.807, 2.05) is 18.5 Å². The molecule has 0 radical (unpaired) electrons. The Kier molecular flexibility index (Phi) is 5.32. The number of carbonyl (C=O) groups is 1. The van der Waals surface area contributed by atoms with Gasteiger partial charge in [0.05, 0.1) is 12.6 Å². The van der Waals surface area contributed by atoms with E-state index in [9.17, 15) is 4.79 Å². The van der Waals surface area contributed by atoms with Crippen LogP contribution in [0, 0.1) is 5.92 Å². The molecule has 0 saturated heterocycles. The Hall–Kier alpha value is -1.89. The van der Waals surface area contributed by atoms with E-state index in [0.717, 1.165) is 17.4 Å². The number of thiazole rings is 1. The maximum absolute atomic E-state index is 11.9. The van der Waals surface area contributed by atoms with Crippen molar-refractivity contribution in [3.8, 4) is 0 Å². The van der Waals surface area contributed by atoms with Crippen LogP contribution in [0.25, 0.3) is 0 Å². The van der Waals surface area contributed by atoms with Gasteiger partial charge in [0.1, 0.15) is 10.8 Å². The molecule has 7 heteroatoms. The molecule has 0 aromatic carbocycles. The van der Waals surface area contributed by atoms with Gasteiger partial charge in [0.25, 0.3) is 0 Å². The Morgan fingerprint density at radius 2 is 2.14 bits per heavy atom. The van der Waals surface area contributed by atoms with Crippen LogP contribution in [0.5, 0.6) is 0 Å². The van der Waals surface area contributed by atoms with Gasteiger partial charge in [0.2, 0.25) is 0 Å². The first-order chi connectivity index (χ1) is 10.1. The summed E-state index contributed by atoms with van der Waals surface area (Å²) >= 11 is 1.53. The molecule has 1 atom stereocenters. The van der Waals surface area contributed by atoms with Gasteiger partial charge in [-0.3, -0.25) is 0 Å². The van der Waals surface area contributed by atoms with E-state index in [0.29, 0.717) is 12.5 Å². The second kappa shape index (κ2) is 7.21. The monoisotopic (exact) mass is 307 g/mol. The third-order valence-corrected chi connectivity index (χ3v) is 3.90. The topological polar surface area (TPSA) is 71.8 Å². The predicted octanol–water partition coefficient (Wildman–Crippen LogP) is 2.56. The Balaban J connectivity index is 1.83. The Morgan fingerprint density at radius 3 is 2.81 bits per heavy atom. The van der Waals surface area contributed by atoms with Crippen LogP contribution < -0.4 is 10.6 Å². The van der Waals surface area contributed by atoms with Gasteiger partial charge in [-0.2, -0.15) is 0 Å². The highest BCUT2D eigenvalue weighted by Crippen LogP contribution is 2.14. The molecular weight excluding hydrogens is 286 g/mol. The summed E-state index contributed by atoms with van der Waals surface area (Å²) in [6, 6.07) is -0.308. The highest BCUT2D eigenvalue weighted by Gasteiger charge is 2.12. The number of nitrogens with one attached hydrogen (secondary N) is 2. The van der Waals surface area contributed by atoms with E-state index in [-0.39, 0.29) is 12.1 Å². The minimum atomic E-state index is -0.211. The van der Waals surface area contributed by atoms with E-state index in [1.54, 1.807) is 12.4 Å². The molecule has 114 valence electrons. The zero-order chi connectivity index (χ0) is 15.2. The molecule has 0 aliphatic carbocycles. The molecule has 2 N–H and O–H groups in total. The third kappa shape index (κ3) is 4.56. The highest BCUT2D eigenvalue weighted by atomic mass is 32.1. The summed E-state index contributed by atoms with van der Waals surface area (Å²) in [5, 5.41) is 8.49. The number of hydrogen-bond donors (Lipinski definition) is 2. The summed E-state index contributed by atoms with van der Waals surface area (Å²) in [7, 11) is 0. The lowest BCUT2D eigenvalue weighted by Crippen LogP contribution is -2.37. The van der Waals surface area contributed by atoms with Crippen LogP contribution in [0.15, 0.2) is 24.0 Å². The van der Waals surface area contributed by atoms with Crippen LogP contribution >= 0.6 is 11.3 Å². The number of urea groups is 1. The average molecular weight is 307 g/mol. The van der Waals surface area contributed by atoms with Gasteiger partial charge < -0.3 is 15.2 Å². The van der Waals surface area contributed by atoms with Crippen LogP contribution in [0.2, 0.25) is 0 Å². The van der Waals surface area contributed by atoms with Crippen molar-refractivity contribution in [2.75, 3.05) is 0 Å². The van der Waals surface area contributed by atoms with E-state index >= 15 is 0 Å². The molecular formula is C14H21N5OS. The zero-order valence-electron chi connectivity index (χ0n) is 12.5. The fourth-order valence-electron chi connectivity index (χ4n) is 1.98. The van der Waals surface area contributed by atoms with Gasteiger partial charge in [0, 0.05) is 30.5 Å². The van der Waals surface area contributed by atoms with Crippen LogP contribution in [0.4, 0.5) is 4.79 Å². The minimum absolute atomic E-state index is 0.0968. The summed E-state index contributed by atoms with van der Waals surface area (Å²) in [5.74, 6) is 1.40. The van der Waals surface area contributed by atoms with Gasteiger partial charge in [-0.15, -0.1) is 11.3 Å². The maximum atomic E-state index is 11.9. The SMILES string of the molecule is CC(C)Cn1ccnc1CNC(=O)N[C@H](C)c1nccs1. The van der Waals surface area contributed by atoms with Crippen molar-refractivity contribution in [3.63, 3.8) is 0 Å². The lowest BCUT2D eigenvalue weighted by Gasteiger charge is -2.13. The van der Waals surface area contributed by atoms with Gasteiger partial charge in [-0.1, -0.05) is 13.8 Å². The standard InChI is InChI=1S/C14H21N5OS/c1-10(2)9-19-6-4-15-12(19)8-17-14(20)18-11(3)13-16-5-7-21-13/h4-7,10-11H,8-9H2,1-3H3,(H2,17,18,20)/t11-/m1/s1. The molecule has 2 aromatic rings. The summed E-state index contributed by atoms with van der Waals surface area (Å²) in [6.45, 7) is 7.53. The molecule has 6 nitrogen and oxygen atoms in total. The van der Waals surface area contributed by atoms with Crippen molar-refractivity contribution >= 4 is 17.4 Å². The molecule has 0 aliphatic heterocycles. The number of amides is 2. The second-order valence-corrected chi connectivity index (χ2v) is 6.23. The average Bonchev–Trinajstić information content (AvgIpc) is 3.06. The number of imidazole rings is 1. The van der Waals surface area contributed by atoms with Crippen LogP contribution in [0.3, 0.4) is 0 Å². The summed E-state index contributed by atoms with van der Waals surface area (Å²) < 4.78 is 2.06. The number of nitrogens with zero attached hydrogens (tertiary/aromatic N) is 3. The molecule has 2 amide bonds. The zero-order valence-corrected chi connectivity index (χ0v) is 13.4. The first-order valence-electron chi connectivity index (χ1n) is 7.00. The summed E-state index contributed by atoms with van der Waals surface area (Å²) in [6.07, 6.45) is 5.43. The molecule has 21 heavy (non-hydrogen) atoms. The predicted molar refractivity (Wildman–Crippen MR) is 83.0 cm³/mol. The summed E-state index contributed by atoms with van der Waals surface area (Å²) in [4.78, 5) is 20.4. The quantitative estimate of drug-likeness (QED) is 0.861. The minimum Gasteiger partial charge on any atom is -0.333 e. The van der Waals surface area contributed by atoms with Crippen LogP contribution in [-0.4, -0.2) is 20.6 Å². The van der Waals surface area contributed by atoms with Crippen LogP contribution in [0.1, 0.15) is 37.6 Å². The van der Waals surface area contributed by atoms with Gasteiger partial charge >= 0.3 is 6.03 Å². The number of hydrogen-bond acceptors (Lipinski definition) is 4. The smallest absolute Gasteiger partial charge is 0.315 e. The Labute approximate surface area is 128 Å². The molecule has 2 heterocycles. The second-order valence-electron chi connectivity index (χ2n) is 5.31. The fraction of sp³-hybridized carbons (Fsp3) is 0.500. The van der Waals surface area contributed by atoms with Crippen molar-refractivity contribution < 1.29 is 4.79 Å². The van der Waals surface area contributed by atoms with Gasteiger partial charge in [0.15, 0.2) is 0 Å². The molecule has 0 aliphatic rings. The van der Waals surface area contributed by atoms with Crippen molar-refractivity contribution in [1.82, 2.24) is 25.2 Å². The molecule has 0 fully saturated rings. The van der Waals surface area contributed by atoms with Crippen molar-refractivity contribution in [2.45, 2.75) is 39.9 Å². The van der Waals surface area contributed by atoms with Gasteiger partial charge in [-0.25, -0.2) is 14.8 Å². The third-order valence-electron chi connectivity index (χ3n) is 2.94. The molecule has 0 saturated carbocycles. The lowest BCUT2D eigenvalue weighted by atomic mass is 10.2. The van der Waals surface area contributed by atoms with Gasteiger partial charge in [-0.05, 0) is 12.8 Å². The molecule has 0 bridgehead atoms. The first kappa shape index (κ1) is 15.5. The van der Waals surface area contributed by atoms with E-state index in [1.165, 1.54) is 11.3 Å². The molecule has 2 rings (SSSR count). The fourth-order valence-corrected chi connectivity index (χ4v) is 2.63. The number of aromatic nitrogens is 3. The van der Waals surface area contributed by atoms with E-state index in [2.05, 4.69) is 39.0 Å². The maximum Gasteiger partial charge on any atom is 0.315 e. The molecule has 2 aromatic heterocycles. The number of carbonyl (C=O) groups excluding carboxylic acids is 1. The Bertz CT molecular complexity index is 564. The number of rotatable bonds is 6. The first-order valence-corrected chi connectivity index (χ1v) is 7.88.